The number of piperidine rings is 1. The number of rotatable bonds is 5. The molecular formula is C11H22N2O3. The molecule has 0 bridgehead atoms. The van der Waals surface area contributed by atoms with Crippen LogP contribution in [-0.2, 0) is 4.79 Å². The summed E-state index contributed by atoms with van der Waals surface area (Å²) in [4.78, 5) is 14.8. The lowest BCUT2D eigenvalue weighted by molar-refractivity contribution is -0.139. The van der Waals surface area contributed by atoms with Crippen LogP contribution in [0.25, 0.3) is 0 Å². The Morgan fingerprint density at radius 2 is 2.31 bits per heavy atom. The van der Waals surface area contributed by atoms with Crippen molar-refractivity contribution in [2.24, 2.45) is 0 Å². The third-order valence-corrected chi connectivity index (χ3v) is 3.13. The van der Waals surface area contributed by atoms with E-state index in [0.717, 1.165) is 19.5 Å². The number of hydrogen-bond donors (Lipinski definition) is 2. The molecule has 0 aromatic heterocycles. The average molecular weight is 230 g/mol. The molecule has 16 heavy (non-hydrogen) atoms. The topological polar surface area (TPSA) is 64.0 Å². The minimum absolute atomic E-state index is 0.174. The minimum Gasteiger partial charge on any atom is -0.481 e. The van der Waals surface area contributed by atoms with Crippen molar-refractivity contribution in [3.05, 3.63) is 0 Å². The van der Waals surface area contributed by atoms with E-state index in [1.807, 2.05) is 7.05 Å². The normalized spacial score (nSPS) is 24.6. The maximum atomic E-state index is 10.4. The number of aliphatic carboxylic acids is 1. The van der Waals surface area contributed by atoms with Crippen molar-refractivity contribution in [3.8, 4) is 0 Å². The van der Waals surface area contributed by atoms with Gasteiger partial charge < -0.3 is 15.1 Å². The summed E-state index contributed by atoms with van der Waals surface area (Å²) in [5.41, 5.74) is 0. The molecule has 94 valence electrons. The van der Waals surface area contributed by atoms with Crippen molar-refractivity contribution in [3.63, 3.8) is 0 Å². The number of likely N-dealkylation sites (N-methyl/N-ethyl adjacent to an activating group) is 2. The summed E-state index contributed by atoms with van der Waals surface area (Å²) >= 11 is 0. The van der Waals surface area contributed by atoms with Crippen LogP contribution in [0.5, 0.6) is 0 Å². The first-order chi connectivity index (χ1) is 7.49. The van der Waals surface area contributed by atoms with Gasteiger partial charge in [0.15, 0.2) is 0 Å². The maximum absolute atomic E-state index is 10.4. The molecule has 5 heteroatoms. The highest BCUT2D eigenvalue weighted by molar-refractivity contribution is 5.67. The zero-order valence-corrected chi connectivity index (χ0v) is 10.1. The Bertz CT molecular complexity index is 235. The molecule has 1 aliphatic heterocycles. The lowest BCUT2D eigenvalue weighted by Gasteiger charge is -2.36. The molecule has 0 spiro atoms. The molecule has 0 radical (unpaired) electrons. The number of carboxylic acid groups (broad SMARTS) is 1. The van der Waals surface area contributed by atoms with Gasteiger partial charge in [0.1, 0.15) is 0 Å². The van der Waals surface area contributed by atoms with Crippen molar-refractivity contribution in [1.29, 1.82) is 0 Å². The van der Waals surface area contributed by atoms with Gasteiger partial charge in [-0.1, -0.05) is 0 Å². The van der Waals surface area contributed by atoms with E-state index in [2.05, 4.69) is 16.8 Å². The first kappa shape index (κ1) is 13.4. The Kier molecular flexibility index (Phi) is 5.18. The largest absolute Gasteiger partial charge is 0.481 e. The van der Waals surface area contributed by atoms with E-state index in [9.17, 15) is 9.90 Å². The molecule has 2 atom stereocenters. The zero-order valence-electron chi connectivity index (χ0n) is 10.1. The van der Waals surface area contributed by atoms with Crippen molar-refractivity contribution in [2.45, 2.75) is 31.4 Å². The molecule has 0 amide bonds. The summed E-state index contributed by atoms with van der Waals surface area (Å²) in [6.45, 7) is 2.56. The minimum atomic E-state index is -0.943. The highest BCUT2D eigenvalue weighted by atomic mass is 16.4. The summed E-state index contributed by atoms with van der Waals surface area (Å²) in [6, 6.07) is 0.433. The van der Waals surface area contributed by atoms with E-state index < -0.39 is 12.1 Å². The quantitative estimate of drug-likeness (QED) is 0.687. The predicted molar refractivity (Wildman–Crippen MR) is 61.4 cm³/mol. The summed E-state index contributed by atoms with van der Waals surface area (Å²) in [5.74, 6) is -0.943. The SMILES string of the molecule is CN1CCCC(N(C)CC(O)CC(=O)O)C1. The Labute approximate surface area is 96.7 Å². The second kappa shape index (κ2) is 6.18. The molecule has 1 aliphatic rings. The number of nitrogens with zero attached hydrogens (tertiary/aromatic N) is 2. The number of likely N-dealkylation sites (tertiary alicyclic amines) is 1. The number of aliphatic hydroxyl groups is 1. The molecule has 0 aromatic rings. The van der Waals surface area contributed by atoms with E-state index in [4.69, 9.17) is 5.11 Å². The van der Waals surface area contributed by atoms with Crippen LogP contribution in [0.3, 0.4) is 0 Å². The van der Waals surface area contributed by atoms with Gasteiger partial charge in [-0.05, 0) is 33.5 Å². The molecule has 1 saturated heterocycles. The van der Waals surface area contributed by atoms with Crippen LogP contribution < -0.4 is 0 Å². The van der Waals surface area contributed by atoms with Crippen LogP contribution in [0.2, 0.25) is 0 Å². The van der Waals surface area contributed by atoms with Crippen LogP contribution in [-0.4, -0.2) is 71.9 Å². The van der Waals surface area contributed by atoms with Crippen molar-refractivity contribution >= 4 is 5.97 Å². The third kappa shape index (κ3) is 4.47. The number of carbonyl (C=O) groups is 1. The molecule has 0 aromatic carbocycles. The van der Waals surface area contributed by atoms with Gasteiger partial charge in [-0.3, -0.25) is 9.69 Å². The molecule has 1 fully saturated rings. The molecule has 1 rings (SSSR count). The smallest absolute Gasteiger partial charge is 0.306 e. The molecule has 1 heterocycles. The fourth-order valence-electron chi connectivity index (χ4n) is 2.25. The third-order valence-electron chi connectivity index (χ3n) is 3.13. The Balaban J connectivity index is 2.32. The Hall–Kier alpha value is -0.650. The standard InChI is InChI=1S/C11H22N2O3/c1-12-5-3-4-9(7-12)13(2)8-10(14)6-11(15)16/h9-10,14H,3-8H2,1-2H3,(H,15,16). The van der Waals surface area contributed by atoms with Gasteiger partial charge in [-0.25, -0.2) is 0 Å². The van der Waals surface area contributed by atoms with Gasteiger partial charge in [0.05, 0.1) is 12.5 Å². The highest BCUT2D eigenvalue weighted by Gasteiger charge is 2.23. The van der Waals surface area contributed by atoms with E-state index in [-0.39, 0.29) is 6.42 Å². The van der Waals surface area contributed by atoms with Crippen LogP contribution >= 0.6 is 0 Å². The van der Waals surface area contributed by atoms with E-state index >= 15 is 0 Å². The molecule has 0 aliphatic carbocycles. The molecule has 2 unspecified atom stereocenters. The van der Waals surface area contributed by atoms with Gasteiger partial charge in [0.2, 0.25) is 0 Å². The van der Waals surface area contributed by atoms with Gasteiger partial charge in [0.25, 0.3) is 0 Å². The number of hydrogen-bond acceptors (Lipinski definition) is 4. The van der Waals surface area contributed by atoms with Crippen LogP contribution in [0, 0.1) is 0 Å². The lowest BCUT2D eigenvalue weighted by atomic mass is 10.0. The summed E-state index contributed by atoms with van der Waals surface area (Å²) in [7, 11) is 4.04. The zero-order chi connectivity index (χ0) is 12.1. The monoisotopic (exact) mass is 230 g/mol. The van der Waals surface area contributed by atoms with Crippen LogP contribution in [0.4, 0.5) is 0 Å². The molecule has 2 N–H and O–H groups in total. The van der Waals surface area contributed by atoms with Gasteiger partial charge >= 0.3 is 5.97 Å². The maximum Gasteiger partial charge on any atom is 0.306 e. The first-order valence-electron chi connectivity index (χ1n) is 5.77. The van der Waals surface area contributed by atoms with Gasteiger partial charge in [-0.15, -0.1) is 0 Å². The number of carboxylic acids is 1. The van der Waals surface area contributed by atoms with E-state index in [1.54, 1.807) is 0 Å². The fourth-order valence-corrected chi connectivity index (χ4v) is 2.25. The molecule has 0 saturated carbocycles. The van der Waals surface area contributed by atoms with Crippen molar-refractivity contribution < 1.29 is 15.0 Å². The Morgan fingerprint density at radius 3 is 2.88 bits per heavy atom. The van der Waals surface area contributed by atoms with E-state index in [0.29, 0.717) is 12.6 Å². The second-order valence-corrected chi connectivity index (χ2v) is 4.75. The Morgan fingerprint density at radius 1 is 1.62 bits per heavy atom. The van der Waals surface area contributed by atoms with E-state index in [1.165, 1.54) is 6.42 Å². The fraction of sp³-hybridized carbons (Fsp3) is 0.909. The molecule has 5 nitrogen and oxygen atoms in total. The summed E-state index contributed by atoms with van der Waals surface area (Å²) < 4.78 is 0. The highest BCUT2D eigenvalue weighted by Crippen LogP contribution is 2.13. The lowest BCUT2D eigenvalue weighted by Crippen LogP contribution is -2.47. The van der Waals surface area contributed by atoms with Crippen molar-refractivity contribution in [1.82, 2.24) is 9.80 Å². The summed E-state index contributed by atoms with van der Waals surface area (Å²) in [5, 5.41) is 18.1. The van der Waals surface area contributed by atoms with Crippen LogP contribution in [0.15, 0.2) is 0 Å². The number of aliphatic hydroxyl groups excluding tert-OH is 1. The van der Waals surface area contributed by atoms with Crippen molar-refractivity contribution in [2.75, 3.05) is 33.7 Å². The average Bonchev–Trinajstić information content (AvgIpc) is 2.16. The van der Waals surface area contributed by atoms with Crippen LogP contribution in [0.1, 0.15) is 19.3 Å². The van der Waals surface area contributed by atoms with Gasteiger partial charge in [0, 0.05) is 19.1 Å². The predicted octanol–water partition coefficient (Wildman–Crippen LogP) is -0.152. The second-order valence-electron chi connectivity index (χ2n) is 4.75. The summed E-state index contributed by atoms with van der Waals surface area (Å²) in [6.07, 6.45) is 1.35. The van der Waals surface area contributed by atoms with Gasteiger partial charge in [-0.2, -0.15) is 0 Å². The first-order valence-corrected chi connectivity index (χ1v) is 5.77. The molecular weight excluding hydrogens is 208 g/mol.